The van der Waals surface area contributed by atoms with Crippen molar-refractivity contribution in [2.45, 2.75) is 31.8 Å². The predicted molar refractivity (Wildman–Crippen MR) is 137 cm³/mol. The topological polar surface area (TPSA) is 112 Å². The van der Waals surface area contributed by atoms with Gasteiger partial charge in [-0.25, -0.2) is 8.78 Å². The molecule has 41 heavy (non-hydrogen) atoms. The van der Waals surface area contributed by atoms with Crippen molar-refractivity contribution >= 4 is 11.8 Å². The average Bonchev–Trinajstić information content (AvgIpc) is 3.31. The lowest BCUT2D eigenvalue weighted by molar-refractivity contribution is -0.141. The van der Waals surface area contributed by atoms with Gasteiger partial charge in [-0.3, -0.25) is 19.3 Å². The molecule has 13 heteroatoms. The van der Waals surface area contributed by atoms with Gasteiger partial charge in [-0.2, -0.15) is 18.3 Å². The van der Waals surface area contributed by atoms with Crippen LogP contribution in [-0.2, 0) is 35.3 Å². The number of aromatic nitrogens is 3. The van der Waals surface area contributed by atoms with E-state index in [1.54, 1.807) is 18.2 Å². The number of rotatable bonds is 10. The maximum Gasteiger partial charge on any atom is 0.435 e. The fraction of sp³-hybridized carbons (Fsp3) is 0.214. The minimum absolute atomic E-state index is 0.0282. The first-order valence-corrected chi connectivity index (χ1v) is 12.2. The summed E-state index contributed by atoms with van der Waals surface area (Å²) in [5, 5.41) is 6.28. The molecule has 2 heterocycles. The summed E-state index contributed by atoms with van der Waals surface area (Å²) in [4.78, 5) is 29.3. The van der Waals surface area contributed by atoms with Crippen LogP contribution in [0.5, 0.6) is 0 Å². The number of ether oxygens (including phenoxy) is 1. The van der Waals surface area contributed by atoms with Crippen molar-refractivity contribution in [3.63, 3.8) is 0 Å². The fourth-order valence-corrected chi connectivity index (χ4v) is 4.31. The summed E-state index contributed by atoms with van der Waals surface area (Å²) in [5.41, 5.74) is 5.34. The van der Waals surface area contributed by atoms with Gasteiger partial charge >= 0.3 is 6.18 Å². The average molecular weight is 574 g/mol. The Morgan fingerprint density at radius 1 is 1.07 bits per heavy atom. The number of amides is 2. The van der Waals surface area contributed by atoms with E-state index in [9.17, 15) is 31.5 Å². The molecule has 4 aromatic rings. The molecule has 2 aromatic heterocycles. The Hall–Kier alpha value is -4.65. The molecule has 0 saturated carbocycles. The van der Waals surface area contributed by atoms with E-state index in [0.29, 0.717) is 16.7 Å². The number of primary amides is 1. The number of benzene rings is 2. The Morgan fingerprint density at radius 2 is 1.85 bits per heavy atom. The van der Waals surface area contributed by atoms with E-state index < -0.39 is 47.9 Å². The number of nitrogens with zero attached hydrogens (tertiary/aromatic N) is 3. The number of carbonyl (C=O) groups is 2. The van der Waals surface area contributed by atoms with Crippen molar-refractivity contribution < 1.29 is 36.3 Å². The van der Waals surface area contributed by atoms with Crippen LogP contribution in [-0.4, -0.2) is 33.7 Å². The van der Waals surface area contributed by atoms with E-state index in [0.717, 1.165) is 16.8 Å². The van der Waals surface area contributed by atoms with E-state index in [1.165, 1.54) is 43.6 Å². The lowest BCUT2D eigenvalue weighted by Crippen LogP contribution is -2.34. The summed E-state index contributed by atoms with van der Waals surface area (Å²) in [6, 6.07) is 12.5. The van der Waals surface area contributed by atoms with Gasteiger partial charge in [-0.15, -0.1) is 0 Å². The first-order chi connectivity index (χ1) is 19.5. The second-order valence-electron chi connectivity index (χ2n) is 9.06. The minimum atomic E-state index is -4.73. The lowest BCUT2D eigenvalue weighted by atomic mass is 9.94. The Balaban J connectivity index is 1.72. The Kier molecular flexibility index (Phi) is 8.77. The largest absolute Gasteiger partial charge is 0.435 e. The maximum absolute atomic E-state index is 14.2. The van der Waals surface area contributed by atoms with Crippen LogP contribution >= 0.6 is 0 Å². The highest BCUT2D eigenvalue weighted by Crippen LogP contribution is 2.31. The monoisotopic (exact) mass is 573 g/mol. The van der Waals surface area contributed by atoms with Crippen molar-refractivity contribution in [2.75, 3.05) is 7.11 Å². The zero-order valence-electron chi connectivity index (χ0n) is 21.6. The van der Waals surface area contributed by atoms with Crippen LogP contribution in [0.4, 0.5) is 22.0 Å². The SMILES string of the molecule is COCc1cc(C(F)(F)F)nn1CC(=O)NC(Cc1cccc(F)c1)c1ncccc1-c1ccc(F)c(C(N)=O)c1. The summed E-state index contributed by atoms with van der Waals surface area (Å²) >= 11 is 0. The molecule has 0 fully saturated rings. The zero-order valence-corrected chi connectivity index (χ0v) is 21.6. The van der Waals surface area contributed by atoms with E-state index in [-0.39, 0.29) is 30.0 Å². The summed E-state index contributed by atoms with van der Waals surface area (Å²) in [7, 11) is 1.29. The van der Waals surface area contributed by atoms with Crippen molar-refractivity contribution in [1.29, 1.82) is 0 Å². The normalized spacial score (nSPS) is 12.2. The summed E-state index contributed by atoms with van der Waals surface area (Å²) in [5.74, 6) is -3.03. The molecule has 0 radical (unpaired) electrons. The number of halogens is 5. The number of hydrogen-bond acceptors (Lipinski definition) is 5. The first-order valence-electron chi connectivity index (χ1n) is 12.2. The van der Waals surface area contributed by atoms with E-state index in [4.69, 9.17) is 10.5 Å². The maximum atomic E-state index is 14.2. The van der Waals surface area contributed by atoms with E-state index in [1.807, 2.05) is 0 Å². The zero-order chi connectivity index (χ0) is 29.7. The van der Waals surface area contributed by atoms with Crippen LogP contribution in [0.15, 0.2) is 66.9 Å². The summed E-state index contributed by atoms with van der Waals surface area (Å²) in [6.45, 7) is -0.806. The molecular weight excluding hydrogens is 549 g/mol. The van der Waals surface area contributed by atoms with Gasteiger partial charge < -0.3 is 15.8 Å². The number of pyridine rings is 1. The molecule has 4 rings (SSSR count). The van der Waals surface area contributed by atoms with Crippen LogP contribution in [0.2, 0.25) is 0 Å². The van der Waals surface area contributed by atoms with Crippen LogP contribution in [0.1, 0.15) is 39.0 Å². The predicted octanol–water partition coefficient (Wildman–Crippen LogP) is 4.59. The van der Waals surface area contributed by atoms with Crippen molar-refractivity contribution in [1.82, 2.24) is 20.1 Å². The first kappa shape index (κ1) is 29.3. The van der Waals surface area contributed by atoms with Gasteiger partial charge in [0.05, 0.1) is 29.6 Å². The molecule has 214 valence electrons. The third-order valence-corrected chi connectivity index (χ3v) is 6.11. The number of methoxy groups -OCH3 is 1. The number of carbonyl (C=O) groups excluding carboxylic acids is 2. The second kappa shape index (κ2) is 12.3. The van der Waals surface area contributed by atoms with Gasteiger partial charge in [0.15, 0.2) is 5.69 Å². The third kappa shape index (κ3) is 7.11. The molecule has 2 amide bonds. The van der Waals surface area contributed by atoms with Crippen LogP contribution in [0.3, 0.4) is 0 Å². The number of nitrogens with two attached hydrogens (primary N) is 1. The van der Waals surface area contributed by atoms with Crippen molar-refractivity contribution in [2.24, 2.45) is 5.73 Å². The van der Waals surface area contributed by atoms with E-state index >= 15 is 0 Å². The molecule has 3 N–H and O–H groups in total. The van der Waals surface area contributed by atoms with Gasteiger partial charge in [0, 0.05) is 18.9 Å². The summed E-state index contributed by atoms with van der Waals surface area (Å²) in [6.07, 6.45) is -3.25. The van der Waals surface area contributed by atoms with Gasteiger partial charge in [-0.05, 0) is 53.9 Å². The van der Waals surface area contributed by atoms with Gasteiger partial charge in [0.2, 0.25) is 5.91 Å². The second-order valence-corrected chi connectivity index (χ2v) is 9.06. The fourth-order valence-electron chi connectivity index (χ4n) is 4.31. The third-order valence-electron chi connectivity index (χ3n) is 6.11. The quantitative estimate of drug-likeness (QED) is 0.270. The van der Waals surface area contributed by atoms with Crippen LogP contribution in [0.25, 0.3) is 11.1 Å². The molecule has 2 aromatic carbocycles. The van der Waals surface area contributed by atoms with Crippen LogP contribution in [0, 0.1) is 11.6 Å². The Bertz CT molecular complexity index is 1570. The standard InChI is InChI=1S/C28H24F5N5O3/c1-41-15-19-13-24(28(31,32)33)37-38(19)14-25(39)36-23(11-16-4-2-5-18(29)10-16)26-20(6-3-9-35-26)17-7-8-22(30)21(12-17)27(34)40/h2-10,12-13,23H,11,14-15H2,1H3,(H2,34,40)(H,36,39). The summed E-state index contributed by atoms with van der Waals surface area (Å²) < 4.78 is 73.8. The van der Waals surface area contributed by atoms with Gasteiger partial charge in [0.25, 0.3) is 5.91 Å². The molecule has 0 bridgehead atoms. The van der Waals surface area contributed by atoms with Crippen LogP contribution < -0.4 is 11.1 Å². The van der Waals surface area contributed by atoms with E-state index in [2.05, 4.69) is 15.4 Å². The number of hydrogen-bond donors (Lipinski definition) is 2. The van der Waals surface area contributed by atoms with Gasteiger partial charge in [-0.1, -0.05) is 24.3 Å². The highest BCUT2D eigenvalue weighted by Gasteiger charge is 2.35. The minimum Gasteiger partial charge on any atom is -0.378 e. The molecule has 0 saturated heterocycles. The van der Waals surface area contributed by atoms with Crippen molar-refractivity contribution in [3.05, 3.63) is 107 Å². The molecule has 8 nitrogen and oxygen atoms in total. The molecule has 0 aliphatic heterocycles. The molecule has 0 spiro atoms. The molecule has 1 unspecified atom stereocenters. The Morgan fingerprint density at radius 3 is 2.54 bits per heavy atom. The molecule has 0 aliphatic carbocycles. The van der Waals surface area contributed by atoms with Gasteiger partial charge in [0.1, 0.15) is 18.2 Å². The lowest BCUT2D eigenvalue weighted by Gasteiger charge is -2.22. The highest BCUT2D eigenvalue weighted by atomic mass is 19.4. The highest BCUT2D eigenvalue weighted by molar-refractivity contribution is 5.94. The molecule has 1 atom stereocenters. The molecule has 0 aliphatic rings. The smallest absolute Gasteiger partial charge is 0.378 e. The number of nitrogens with one attached hydrogen (secondary N) is 1. The number of alkyl halides is 3. The van der Waals surface area contributed by atoms with Crippen molar-refractivity contribution in [3.8, 4) is 11.1 Å². The Labute approximate surface area is 231 Å². The molecular formula is C28H24F5N5O3.